The second-order valence-corrected chi connectivity index (χ2v) is 7.27. The number of hydrogen-bond donors (Lipinski definition) is 2. The number of ether oxygens (including phenoxy) is 1. The maximum atomic E-state index is 12.6. The lowest BCUT2D eigenvalue weighted by molar-refractivity contribution is -0.136. The second-order valence-electron chi connectivity index (χ2n) is 7.27. The van der Waals surface area contributed by atoms with Gasteiger partial charge >= 0.3 is 5.97 Å². The van der Waals surface area contributed by atoms with Crippen LogP contribution < -0.4 is 5.32 Å². The van der Waals surface area contributed by atoms with Crippen LogP contribution in [0.3, 0.4) is 0 Å². The van der Waals surface area contributed by atoms with Crippen LogP contribution in [0.4, 0.5) is 5.69 Å². The molecule has 1 aliphatic rings. The van der Waals surface area contributed by atoms with Crippen LogP contribution in [0.5, 0.6) is 0 Å². The Labute approximate surface area is 180 Å². The molecule has 0 spiro atoms. The number of esters is 1. The van der Waals surface area contributed by atoms with E-state index in [9.17, 15) is 14.4 Å². The smallest absolute Gasteiger partial charge is 0.337 e. The summed E-state index contributed by atoms with van der Waals surface area (Å²) in [7, 11) is 4.68. The summed E-state index contributed by atoms with van der Waals surface area (Å²) in [5.41, 5.74) is 3.52. The molecule has 8 heteroatoms. The fraction of sp³-hybridized carbons (Fsp3) is 0.261. The van der Waals surface area contributed by atoms with Gasteiger partial charge in [-0.25, -0.2) is 4.79 Å². The van der Waals surface area contributed by atoms with Crippen molar-refractivity contribution in [3.05, 3.63) is 65.4 Å². The van der Waals surface area contributed by atoms with Gasteiger partial charge in [-0.1, -0.05) is 24.3 Å². The molecule has 0 fully saturated rings. The number of benzene rings is 2. The molecule has 0 aromatic heterocycles. The van der Waals surface area contributed by atoms with E-state index in [4.69, 9.17) is 9.84 Å². The Morgan fingerprint density at radius 1 is 1.06 bits per heavy atom. The third-order valence-electron chi connectivity index (χ3n) is 4.98. The van der Waals surface area contributed by atoms with Crippen molar-refractivity contribution >= 4 is 23.5 Å². The Morgan fingerprint density at radius 2 is 1.65 bits per heavy atom. The van der Waals surface area contributed by atoms with Gasteiger partial charge < -0.3 is 25.0 Å². The fourth-order valence-corrected chi connectivity index (χ4v) is 3.30. The highest BCUT2D eigenvalue weighted by molar-refractivity contribution is 6.08. The van der Waals surface area contributed by atoms with E-state index in [1.807, 2.05) is 24.3 Å². The third kappa shape index (κ3) is 4.75. The molecule has 3 rings (SSSR count). The lowest BCUT2D eigenvalue weighted by Crippen LogP contribution is -2.31. The lowest BCUT2D eigenvalue weighted by Gasteiger charge is -2.15. The summed E-state index contributed by atoms with van der Waals surface area (Å²) in [6.07, 6.45) is 0. The molecular weight excluding hydrogens is 398 g/mol. The summed E-state index contributed by atoms with van der Waals surface area (Å²) in [6, 6.07) is 14.7. The fourth-order valence-electron chi connectivity index (χ4n) is 3.30. The van der Waals surface area contributed by atoms with E-state index in [0.717, 1.165) is 11.1 Å². The number of nitrogens with one attached hydrogen (secondary N) is 1. The molecule has 0 unspecified atom stereocenters. The van der Waals surface area contributed by atoms with Gasteiger partial charge in [-0.2, -0.15) is 0 Å². The molecule has 2 amide bonds. The molecule has 0 atom stereocenters. The lowest BCUT2D eigenvalue weighted by atomic mass is 10.0. The van der Waals surface area contributed by atoms with Gasteiger partial charge in [0.1, 0.15) is 5.70 Å². The number of aliphatic hydroxyl groups excluding tert-OH is 1. The van der Waals surface area contributed by atoms with Crippen LogP contribution in [-0.2, 0) is 14.3 Å². The normalized spacial score (nSPS) is 13.4. The van der Waals surface area contributed by atoms with E-state index in [1.165, 1.54) is 16.9 Å². The number of anilines is 1. The van der Waals surface area contributed by atoms with Crippen LogP contribution in [0.15, 0.2) is 59.8 Å². The van der Waals surface area contributed by atoms with Crippen molar-refractivity contribution in [2.45, 2.75) is 0 Å². The first kappa shape index (κ1) is 22.0. The molecule has 2 aromatic rings. The third-order valence-corrected chi connectivity index (χ3v) is 4.98. The summed E-state index contributed by atoms with van der Waals surface area (Å²) in [5.74, 6) is -1.00. The Hall–Kier alpha value is -3.65. The number of aliphatic hydroxyl groups is 1. The number of β-amino-alcohol motifs (C(OH)–C–C–N with tert-alkyl or cyclic N) is 1. The standard InChI is InChI=1S/C23H25N3O5/c1-25(2)21(28)17-6-4-15(5-7-17)16-8-10-18(11-9-16)24-20-19(23(30)31-3)14-26(12-13-27)22(20)29/h4-11,24,27H,12-14H2,1-3H3. The SMILES string of the molecule is COC(=O)C1=C(Nc2ccc(-c3ccc(C(=O)N(C)C)cc3)cc2)C(=O)N(CCO)C1. The summed E-state index contributed by atoms with van der Waals surface area (Å²) in [6.45, 7) is 0.0291. The summed E-state index contributed by atoms with van der Waals surface area (Å²) >= 11 is 0. The summed E-state index contributed by atoms with van der Waals surface area (Å²) < 4.78 is 4.79. The molecule has 0 saturated carbocycles. The maximum absolute atomic E-state index is 12.6. The van der Waals surface area contributed by atoms with Crippen LogP contribution in [0.1, 0.15) is 10.4 Å². The molecule has 2 N–H and O–H groups in total. The minimum absolute atomic E-state index is 0.0581. The molecule has 0 aliphatic carbocycles. The van der Waals surface area contributed by atoms with Crippen LogP contribution >= 0.6 is 0 Å². The van der Waals surface area contributed by atoms with E-state index >= 15 is 0 Å². The van der Waals surface area contributed by atoms with Gasteiger partial charge in [0, 0.05) is 31.9 Å². The number of rotatable bonds is 7. The Balaban J connectivity index is 1.79. The number of amides is 2. The quantitative estimate of drug-likeness (QED) is 0.658. The van der Waals surface area contributed by atoms with Gasteiger partial charge in [-0.3, -0.25) is 9.59 Å². The predicted octanol–water partition coefficient (Wildman–Crippen LogP) is 1.73. The molecule has 0 radical (unpaired) electrons. The monoisotopic (exact) mass is 423 g/mol. The van der Waals surface area contributed by atoms with E-state index in [-0.39, 0.29) is 42.8 Å². The number of hydrogen-bond acceptors (Lipinski definition) is 6. The first-order chi connectivity index (χ1) is 14.8. The zero-order valence-corrected chi connectivity index (χ0v) is 17.7. The molecule has 8 nitrogen and oxygen atoms in total. The summed E-state index contributed by atoms with van der Waals surface area (Å²) in [4.78, 5) is 39.6. The topological polar surface area (TPSA) is 99.2 Å². The van der Waals surface area contributed by atoms with Gasteiger partial charge in [-0.05, 0) is 35.4 Å². The average molecular weight is 423 g/mol. The molecule has 0 bridgehead atoms. The molecule has 1 aliphatic heterocycles. The highest BCUT2D eigenvalue weighted by Gasteiger charge is 2.34. The van der Waals surface area contributed by atoms with Crippen molar-refractivity contribution in [2.24, 2.45) is 0 Å². The predicted molar refractivity (Wildman–Crippen MR) is 116 cm³/mol. The van der Waals surface area contributed by atoms with Crippen LogP contribution in [0.25, 0.3) is 11.1 Å². The van der Waals surface area contributed by atoms with Crippen molar-refractivity contribution < 1.29 is 24.2 Å². The van der Waals surface area contributed by atoms with Crippen molar-refractivity contribution in [3.63, 3.8) is 0 Å². The Morgan fingerprint density at radius 3 is 2.16 bits per heavy atom. The molecule has 0 saturated heterocycles. The minimum atomic E-state index is -0.583. The van der Waals surface area contributed by atoms with Gasteiger partial charge in [-0.15, -0.1) is 0 Å². The zero-order valence-electron chi connectivity index (χ0n) is 17.7. The van der Waals surface area contributed by atoms with E-state index < -0.39 is 5.97 Å². The van der Waals surface area contributed by atoms with E-state index in [2.05, 4.69) is 5.32 Å². The van der Waals surface area contributed by atoms with Crippen LogP contribution in [-0.4, -0.2) is 73.6 Å². The number of carbonyl (C=O) groups excluding carboxylic acids is 3. The molecule has 2 aromatic carbocycles. The summed E-state index contributed by atoms with van der Waals surface area (Å²) in [5, 5.41) is 12.2. The average Bonchev–Trinajstić information content (AvgIpc) is 3.09. The highest BCUT2D eigenvalue weighted by Crippen LogP contribution is 2.26. The largest absolute Gasteiger partial charge is 0.466 e. The number of methoxy groups -OCH3 is 1. The molecule has 31 heavy (non-hydrogen) atoms. The van der Waals surface area contributed by atoms with Gasteiger partial charge in [0.25, 0.3) is 11.8 Å². The zero-order chi connectivity index (χ0) is 22.5. The van der Waals surface area contributed by atoms with Crippen molar-refractivity contribution in [1.82, 2.24) is 9.80 Å². The van der Waals surface area contributed by atoms with E-state index in [0.29, 0.717) is 11.3 Å². The first-order valence-electron chi connectivity index (χ1n) is 9.76. The first-order valence-corrected chi connectivity index (χ1v) is 9.76. The number of nitrogens with zero attached hydrogens (tertiary/aromatic N) is 2. The highest BCUT2D eigenvalue weighted by atomic mass is 16.5. The number of carbonyl (C=O) groups is 3. The van der Waals surface area contributed by atoms with Crippen LogP contribution in [0.2, 0.25) is 0 Å². The molecule has 1 heterocycles. The van der Waals surface area contributed by atoms with E-state index in [1.54, 1.807) is 38.4 Å². The molecular formula is C23H25N3O5. The van der Waals surface area contributed by atoms with Gasteiger partial charge in [0.2, 0.25) is 0 Å². The van der Waals surface area contributed by atoms with Crippen molar-refractivity contribution in [3.8, 4) is 11.1 Å². The Bertz CT molecular complexity index is 1010. The maximum Gasteiger partial charge on any atom is 0.337 e. The van der Waals surface area contributed by atoms with Crippen molar-refractivity contribution in [1.29, 1.82) is 0 Å². The Kier molecular flexibility index (Phi) is 6.71. The van der Waals surface area contributed by atoms with Crippen molar-refractivity contribution in [2.75, 3.05) is 46.2 Å². The van der Waals surface area contributed by atoms with Gasteiger partial charge in [0.15, 0.2) is 0 Å². The van der Waals surface area contributed by atoms with Gasteiger partial charge in [0.05, 0.1) is 25.8 Å². The molecule has 162 valence electrons. The second kappa shape index (κ2) is 9.44. The van der Waals surface area contributed by atoms with Crippen LogP contribution in [0, 0.1) is 0 Å². The minimum Gasteiger partial charge on any atom is -0.466 e.